The zero-order valence-corrected chi connectivity index (χ0v) is 11.8. The van der Waals surface area contributed by atoms with Gasteiger partial charge in [-0.2, -0.15) is 4.98 Å². The molecule has 7 nitrogen and oxygen atoms in total. The second-order valence-corrected chi connectivity index (χ2v) is 4.31. The Labute approximate surface area is 121 Å². The van der Waals surface area contributed by atoms with Crippen LogP contribution in [0.5, 0.6) is 23.1 Å². The second kappa shape index (κ2) is 5.84. The number of hydrogen-bond donors (Lipinski definition) is 1. The van der Waals surface area contributed by atoms with Gasteiger partial charge in [-0.15, -0.1) is 0 Å². The van der Waals surface area contributed by atoms with Gasteiger partial charge < -0.3 is 24.3 Å². The van der Waals surface area contributed by atoms with E-state index in [-0.39, 0.29) is 6.79 Å². The van der Waals surface area contributed by atoms with Crippen LogP contribution in [0.3, 0.4) is 0 Å². The molecular formula is C14H15N3O4. The highest BCUT2D eigenvalue weighted by Gasteiger charge is 2.14. The van der Waals surface area contributed by atoms with Crippen LogP contribution in [0.15, 0.2) is 24.3 Å². The average Bonchev–Trinajstić information content (AvgIpc) is 2.95. The molecule has 1 aliphatic rings. The average molecular weight is 289 g/mol. The molecule has 0 saturated heterocycles. The van der Waals surface area contributed by atoms with Crippen molar-refractivity contribution in [2.45, 2.75) is 6.61 Å². The van der Waals surface area contributed by atoms with Gasteiger partial charge in [0.25, 0.3) is 0 Å². The minimum absolute atomic E-state index is 0.230. The van der Waals surface area contributed by atoms with Crippen molar-refractivity contribution in [3.05, 3.63) is 30.1 Å². The van der Waals surface area contributed by atoms with Gasteiger partial charge in [0.1, 0.15) is 18.2 Å². The highest BCUT2D eigenvalue weighted by molar-refractivity contribution is 5.48. The summed E-state index contributed by atoms with van der Waals surface area (Å²) in [7, 11) is 3.37. The molecule has 0 unspecified atom stereocenters. The van der Waals surface area contributed by atoms with E-state index in [0.29, 0.717) is 41.4 Å². The molecule has 0 radical (unpaired) electrons. The molecule has 1 aromatic heterocycles. The minimum Gasteiger partial charge on any atom is -0.454 e. The van der Waals surface area contributed by atoms with Crippen molar-refractivity contribution in [3.8, 4) is 23.1 Å². The van der Waals surface area contributed by atoms with Crippen LogP contribution in [0, 0.1) is 0 Å². The predicted molar refractivity (Wildman–Crippen MR) is 74.9 cm³/mol. The molecular weight excluding hydrogens is 274 g/mol. The van der Waals surface area contributed by atoms with Crippen molar-refractivity contribution in [1.82, 2.24) is 9.97 Å². The van der Waals surface area contributed by atoms with Crippen LogP contribution in [-0.2, 0) is 11.3 Å². The van der Waals surface area contributed by atoms with Crippen LogP contribution < -0.4 is 19.5 Å². The largest absolute Gasteiger partial charge is 0.454 e. The van der Waals surface area contributed by atoms with Crippen molar-refractivity contribution >= 4 is 5.82 Å². The fraction of sp³-hybridized carbons (Fsp3) is 0.286. The molecule has 110 valence electrons. The Balaban J connectivity index is 1.85. The van der Waals surface area contributed by atoms with Gasteiger partial charge in [0, 0.05) is 26.3 Å². The van der Waals surface area contributed by atoms with E-state index in [2.05, 4.69) is 15.3 Å². The summed E-state index contributed by atoms with van der Waals surface area (Å²) in [5, 5.41) is 2.96. The maximum atomic E-state index is 5.75. The topological polar surface area (TPSA) is 74.7 Å². The van der Waals surface area contributed by atoms with Crippen LogP contribution in [0.2, 0.25) is 0 Å². The highest BCUT2D eigenvalue weighted by atomic mass is 16.7. The summed E-state index contributed by atoms with van der Waals surface area (Å²) in [4.78, 5) is 8.56. The summed E-state index contributed by atoms with van der Waals surface area (Å²) in [6.07, 6.45) is 0. The number of anilines is 1. The first-order valence-corrected chi connectivity index (χ1v) is 6.40. The number of benzene rings is 1. The molecule has 1 aromatic carbocycles. The Morgan fingerprint density at radius 2 is 2.05 bits per heavy atom. The lowest BCUT2D eigenvalue weighted by Crippen LogP contribution is -2.02. The maximum Gasteiger partial charge on any atom is 0.231 e. The highest BCUT2D eigenvalue weighted by Crippen LogP contribution is 2.36. The van der Waals surface area contributed by atoms with E-state index in [0.717, 1.165) is 0 Å². The van der Waals surface area contributed by atoms with Crippen LogP contribution in [0.4, 0.5) is 5.82 Å². The lowest BCUT2D eigenvalue weighted by molar-refractivity contribution is 0.174. The first kappa shape index (κ1) is 13.4. The molecule has 0 atom stereocenters. The SMILES string of the molecule is CNc1cc(Oc2ccc3c(c2)OCO3)nc(COC)n1. The molecule has 0 amide bonds. The lowest BCUT2D eigenvalue weighted by Gasteiger charge is -2.09. The van der Waals surface area contributed by atoms with Crippen molar-refractivity contribution in [2.75, 3.05) is 26.3 Å². The fourth-order valence-electron chi connectivity index (χ4n) is 1.91. The summed E-state index contributed by atoms with van der Waals surface area (Å²) >= 11 is 0. The molecule has 0 aliphatic carbocycles. The van der Waals surface area contributed by atoms with Crippen molar-refractivity contribution in [1.29, 1.82) is 0 Å². The van der Waals surface area contributed by atoms with E-state index in [9.17, 15) is 0 Å². The summed E-state index contributed by atoms with van der Waals surface area (Å²) in [6, 6.07) is 7.07. The molecule has 0 spiro atoms. The van der Waals surface area contributed by atoms with Gasteiger partial charge in [0.2, 0.25) is 12.7 Å². The molecule has 7 heteroatoms. The monoisotopic (exact) mass is 289 g/mol. The van der Waals surface area contributed by atoms with Crippen LogP contribution in [-0.4, -0.2) is 30.9 Å². The number of fused-ring (bicyclic) bond motifs is 1. The van der Waals surface area contributed by atoms with Gasteiger partial charge in [0.05, 0.1) is 0 Å². The smallest absolute Gasteiger partial charge is 0.231 e. The van der Waals surface area contributed by atoms with Crippen molar-refractivity contribution in [2.24, 2.45) is 0 Å². The van der Waals surface area contributed by atoms with E-state index >= 15 is 0 Å². The first-order valence-electron chi connectivity index (χ1n) is 6.40. The number of nitrogens with one attached hydrogen (secondary N) is 1. The number of hydrogen-bond acceptors (Lipinski definition) is 7. The first-order chi connectivity index (χ1) is 10.3. The fourth-order valence-corrected chi connectivity index (χ4v) is 1.91. The Bertz CT molecular complexity index is 648. The van der Waals surface area contributed by atoms with E-state index < -0.39 is 0 Å². The zero-order valence-electron chi connectivity index (χ0n) is 11.8. The zero-order chi connectivity index (χ0) is 14.7. The Kier molecular flexibility index (Phi) is 3.74. The Morgan fingerprint density at radius 1 is 1.19 bits per heavy atom. The third kappa shape index (κ3) is 2.97. The molecule has 21 heavy (non-hydrogen) atoms. The molecule has 1 N–H and O–H groups in total. The summed E-state index contributed by atoms with van der Waals surface area (Å²) in [6.45, 7) is 0.543. The van der Waals surface area contributed by atoms with Crippen LogP contribution in [0.1, 0.15) is 5.82 Å². The van der Waals surface area contributed by atoms with E-state index in [1.54, 1.807) is 38.4 Å². The molecule has 3 rings (SSSR count). The maximum absolute atomic E-state index is 5.75. The molecule has 2 aromatic rings. The third-order valence-corrected chi connectivity index (χ3v) is 2.84. The summed E-state index contributed by atoms with van der Waals surface area (Å²) in [5.41, 5.74) is 0. The van der Waals surface area contributed by atoms with E-state index in [1.807, 2.05) is 0 Å². The van der Waals surface area contributed by atoms with Crippen molar-refractivity contribution in [3.63, 3.8) is 0 Å². The van der Waals surface area contributed by atoms with Gasteiger partial charge in [-0.05, 0) is 12.1 Å². The normalized spacial score (nSPS) is 12.3. The van der Waals surface area contributed by atoms with Gasteiger partial charge in [-0.3, -0.25) is 0 Å². The van der Waals surface area contributed by atoms with Crippen molar-refractivity contribution < 1.29 is 18.9 Å². The van der Waals surface area contributed by atoms with E-state index in [4.69, 9.17) is 18.9 Å². The second-order valence-electron chi connectivity index (χ2n) is 4.31. The number of aromatic nitrogens is 2. The third-order valence-electron chi connectivity index (χ3n) is 2.84. The Hall–Kier alpha value is -2.54. The Morgan fingerprint density at radius 3 is 2.86 bits per heavy atom. The number of nitrogens with zero attached hydrogens (tertiary/aromatic N) is 2. The number of ether oxygens (including phenoxy) is 4. The molecule has 0 fully saturated rings. The van der Waals surface area contributed by atoms with Gasteiger partial charge in [-0.1, -0.05) is 0 Å². The summed E-state index contributed by atoms with van der Waals surface area (Å²) in [5.74, 6) is 3.62. The molecule has 0 saturated carbocycles. The van der Waals surface area contributed by atoms with Gasteiger partial charge >= 0.3 is 0 Å². The lowest BCUT2D eigenvalue weighted by atomic mass is 10.3. The molecule has 1 aliphatic heterocycles. The molecule has 2 heterocycles. The molecule has 0 bridgehead atoms. The quantitative estimate of drug-likeness (QED) is 0.904. The van der Waals surface area contributed by atoms with Gasteiger partial charge in [-0.25, -0.2) is 4.98 Å². The number of methoxy groups -OCH3 is 1. The van der Waals surface area contributed by atoms with Crippen LogP contribution in [0.25, 0.3) is 0 Å². The summed E-state index contributed by atoms with van der Waals surface area (Å²) < 4.78 is 21.4. The van der Waals surface area contributed by atoms with Crippen LogP contribution >= 0.6 is 0 Å². The predicted octanol–water partition coefficient (Wildman–Crippen LogP) is 2.19. The number of rotatable bonds is 5. The van der Waals surface area contributed by atoms with E-state index in [1.165, 1.54) is 0 Å². The minimum atomic E-state index is 0.230. The standard InChI is InChI=1S/C14H15N3O4/c1-15-12-6-14(17-13(16-12)7-18-2)21-9-3-4-10-11(5-9)20-8-19-10/h3-6H,7-8H2,1-2H3,(H,15,16,17). The van der Waals surface area contributed by atoms with Gasteiger partial charge in [0.15, 0.2) is 17.3 Å².